The van der Waals surface area contributed by atoms with Crippen molar-refractivity contribution in [3.8, 4) is 5.75 Å². The molecule has 0 bridgehead atoms. The number of rotatable bonds is 5. The second kappa shape index (κ2) is 7.00. The average molecular weight is 355 g/mol. The van der Waals surface area contributed by atoms with E-state index < -0.39 is 0 Å². The minimum Gasteiger partial charge on any atom is -0.496 e. The van der Waals surface area contributed by atoms with E-state index in [1.807, 2.05) is 37.4 Å². The van der Waals surface area contributed by atoms with Gasteiger partial charge in [-0.3, -0.25) is 0 Å². The molecule has 0 unspecified atom stereocenters. The quantitative estimate of drug-likeness (QED) is 0.710. The van der Waals surface area contributed by atoms with E-state index in [4.69, 9.17) is 16.3 Å². The summed E-state index contributed by atoms with van der Waals surface area (Å²) in [6.45, 7) is 0.772. The highest BCUT2D eigenvalue weighted by Crippen LogP contribution is 2.27. The van der Waals surface area contributed by atoms with Crippen molar-refractivity contribution >= 4 is 33.2 Å². The highest BCUT2D eigenvalue weighted by atomic mass is 79.9. The van der Waals surface area contributed by atoms with Crippen LogP contribution >= 0.6 is 27.5 Å². The van der Waals surface area contributed by atoms with Crippen LogP contribution in [-0.2, 0) is 11.9 Å². The number of methoxy groups -OCH3 is 1. The molecule has 0 radical (unpaired) electrons. The summed E-state index contributed by atoms with van der Waals surface area (Å²) in [5.41, 5.74) is 3.34. The molecule has 2 nitrogen and oxygen atoms in total. The Bertz CT molecular complexity index is 588. The van der Waals surface area contributed by atoms with Gasteiger partial charge in [-0.25, -0.2) is 0 Å². The molecule has 0 fully saturated rings. The van der Waals surface area contributed by atoms with Crippen LogP contribution in [0.5, 0.6) is 5.75 Å². The average Bonchev–Trinajstić information content (AvgIpc) is 2.47. The fourth-order valence-corrected chi connectivity index (χ4v) is 2.95. The summed E-state index contributed by atoms with van der Waals surface area (Å²) in [5, 5.41) is 1.55. The summed E-state index contributed by atoms with van der Waals surface area (Å²) in [7, 11) is 3.74. The van der Waals surface area contributed by atoms with Gasteiger partial charge in [0.1, 0.15) is 5.75 Å². The Kier molecular flexibility index (Phi) is 5.32. The Labute approximate surface area is 133 Å². The van der Waals surface area contributed by atoms with Gasteiger partial charge in [-0.05, 0) is 23.8 Å². The molecule has 0 spiro atoms. The van der Waals surface area contributed by atoms with Crippen LogP contribution in [0.25, 0.3) is 0 Å². The molecule has 0 N–H and O–H groups in total. The first-order valence-electron chi connectivity index (χ1n) is 6.33. The number of alkyl halides is 1. The van der Waals surface area contributed by atoms with Gasteiger partial charge in [-0.2, -0.15) is 0 Å². The maximum absolute atomic E-state index is 6.25. The largest absolute Gasteiger partial charge is 0.496 e. The highest BCUT2D eigenvalue weighted by molar-refractivity contribution is 9.08. The minimum atomic E-state index is 0.766. The van der Waals surface area contributed by atoms with E-state index in [1.165, 1.54) is 0 Å². The van der Waals surface area contributed by atoms with Crippen molar-refractivity contribution in [3.63, 3.8) is 0 Å². The topological polar surface area (TPSA) is 12.5 Å². The molecule has 0 saturated heterocycles. The molecule has 106 valence electrons. The molecule has 20 heavy (non-hydrogen) atoms. The van der Waals surface area contributed by atoms with Crippen molar-refractivity contribution in [1.29, 1.82) is 0 Å². The zero-order valence-electron chi connectivity index (χ0n) is 11.6. The number of halogens is 2. The van der Waals surface area contributed by atoms with E-state index in [0.717, 1.165) is 39.5 Å². The standard InChI is InChI=1S/C16H17BrClNO/c1-19(11-13-5-3-4-6-16(13)20-2)14-8-7-12(10-17)15(18)9-14/h3-9H,10-11H2,1-2H3. The molecule has 0 atom stereocenters. The number of para-hydroxylation sites is 1. The van der Waals surface area contributed by atoms with E-state index >= 15 is 0 Å². The van der Waals surface area contributed by atoms with Crippen LogP contribution in [0.15, 0.2) is 42.5 Å². The first-order valence-corrected chi connectivity index (χ1v) is 7.83. The number of hydrogen-bond acceptors (Lipinski definition) is 2. The third-order valence-electron chi connectivity index (χ3n) is 3.22. The number of hydrogen-bond donors (Lipinski definition) is 0. The van der Waals surface area contributed by atoms with Gasteiger partial charge in [0.15, 0.2) is 0 Å². The number of benzene rings is 2. The van der Waals surface area contributed by atoms with E-state index in [2.05, 4.69) is 33.0 Å². The Hall–Kier alpha value is -1.19. The van der Waals surface area contributed by atoms with Gasteiger partial charge in [-0.1, -0.05) is 51.8 Å². The van der Waals surface area contributed by atoms with E-state index in [1.54, 1.807) is 7.11 Å². The highest BCUT2D eigenvalue weighted by Gasteiger charge is 2.08. The molecule has 0 aliphatic heterocycles. The van der Waals surface area contributed by atoms with Crippen LogP contribution in [-0.4, -0.2) is 14.2 Å². The Morgan fingerprint density at radius 3 is 2.55 bits per heavy atom. The Morgan fingerprint density at radius 2 is 1.90 bits per heavy atom. The SMILES string of the molecule is COc1ccccc1CN(C)c1ccc(CBr)c(Cl)c1. The fourth-order valence-electron chi connectivity index (χ4n) is 2.06. The molecule has 2 aromatic carbocycles. The van der Waals surface area contributed by atoms with E-state index in [0.29, 0.717) is 0 Å². The first kappa shape index (κ1) is 15.2. The molecule has 2 rings (SSSR count). The second-order valence-electron chi connectivity index (χ2n) is 4.58. The third-order valence-corrected chi connectivity index (χ3v) is 4.18. The lowest BCUT2D eigenvalue weighted by Gasteiger charge is -2.21. The molecule has 0 amide bonds. The van der Waals surface area contributed by atoms with Crippen LogP contribution in [0.3, 0.4) is 0 Å². The maximum atomic E-state index is 6.25. The van der Waals surface area contributed by atoms with E-state index in [9.17, 15) is 0 Å². The van der Waals surface area contributed by atoms with Crippen molar-refractivity contribution in [1.82, 2.24) is 0 Å². The molecular weight excluding hydrogens is 338 g/mol. The van der Waals surface area contributed by atoms with Crippen molar-refractivity contribution in [2.75, 3.05) is 19.1 Å². The molecule has 0 aliphatic carbocycles. The molecule has 0 aromatic heterocycles. The Balaban J connectivity index is 2.19. The maximum Gasteiger partial charge on any atom is 0.123 e. The third kappa shape index (κ3) is 3.47. The number of nitrogens with zero attached hydrogens (tertiary/aromatic N) is 1. The molecule has 0 saturated carbocycles. The van der Waals surface area contributed by atoms with E-state index in [-0.39, 0.29) is 0 Å². The predicted molar refractivity (Wildman–Crippen MR) is 89.2 cm³/mol. The first-order chi connectivity index (χ1) is 9.65. The summed E-state index contributed by atoms with van der Waals surface area (Å²) in [4.78, 5) is 2.15. The molecule has 4 heteroatoms. The van der Waals surface area contributed by atoms with Gasteiger partial charge in [0.25, 0.3) is 0 Å². The Morgan fingerprint density at radius 1 is 1.15 bits per heavy atom. The summed E-state index contributed by atoms with van der Waals surface area (Å²) < 4.78 is 5.38. The van der Waals surface area contributed by atoms with Gasteiger partial charge in [-0.15, -0.1) is 0 Å². The fraction of sp³-hybridized carbons (Fsp3) is 0.250. The smallest absolute Gasteiger partial charge is 0.123 e. The number of ether oxygens (including phenoxy) is 1. The van der Waals surface area contributed by atoms with Gasteiger partial charge >= 0.3 is 0 Å². The van der Waals surface area contributed by atoms with Gasteiger partial charge < -0.3 is 9.64 Å². The molecule has 0 aliphatic rings. The minimum absolute atomic E-state index is 0.766. The molecule has 2 aromatic rings. The normalized spacial score (nSPS) is 10.4. The number of anilines is 1. The van der Waals surface area contributed by atoms with Crippen molar-refractivity contribution in [3.05, 3.63) is 58.6 Å². The van der Waals surface area contributed by atoms with Gasteiger partial charge in [0.2, 0.25) is 0 Å². The van der Waals surface area contributed by atoms with Gasteiger partial charge in [0, 0.05) is 35.2 Å². The van der Waals surface area contributed by atoms with Crippen molar-refractivity contribution in [2.24, 2.45) is 0 Å². The van der Waals surface area contributed by atoms with Crippen LogP contribution < -0.4 is 9.64 Å². The summed E-state index contributed by atoms with van der Waals surface area (Å²) in [5.74, 6) is 0.905. The van der Waals surface area contributed by atoms with Crippen LogP contribution in [0.1, 0.15) is 11.1 Å². The lowest BCUT2D eigenvalue weighted by Crippen LogP contribution is -2.16. The molecule has 0 heterocycles. The zero-order valence-corrected chi connectivity index (χ0v) is 13.9. The molecular formula is C16H17BrClNO. The lowest BCUT2D eigenvalue weighted by molar-refractivity contribution is 0.409. The van der Waals surface area contributed by atoms with Crippen molar-refractivity contribution in [2.45, 2.75) is 11.9 Å². The lowest BCUT2D eigenvalue weighted by atomic mass is 10.1. The van der Waals surface area contributed by atoms with Crippen molar-refractivity contribution < 1.29 is 4.74 Å². The van der Waals surface area contributed by atoms with Crippen LogP contribution in [0.4, 0.5) is 5.69 Å². The summed E-state index contributed by atoms with van der Waals surface area (Å²) in [6.07, 6.45) is 0. The van der Waals surface area contributed by atoms with Crippen LogP contribution in [0.2, 0.25) is 5.02 Å². The summed E-state index contributed by atoms with van der Waals surface area (Å²) in [6, 6.07) is 14.2. The monoisotopic (exact) mass is 353 g/mol. The predicted octanol–water partition coefficient (Wildman–Crippen LogP) is 4.88. The second-order valence-corrected chi connectivity index (χ2v) is 5.55. The van der Waals surface area contributed by atoms with Crippen LogP contribution in [0, 0.1) is 0 Å². The van der Waals surface area contributed by atoms with Gasteiger partial charge in [0.05, 0.1) is 7.11 Å². The zero-order chi connectivity index (χ0) is 14.5. The summed E-state index contributed by atoms with van der Waals surface area (Å²) >= 11 is 9.68.